The van der Waals surface area contributed by atoms with E-state index in [1.165, 1.54) is 24.7 Å². The van der Waals surface area contributed by atoms with E-state index in [-0.39, 0.29) is 31.4 Å². The molecule has 1 heterocycles. The van der Waals surface area contributed by atoms with Crippen molar-refractivity contribution in [2.45, 2.75) is 43.8 Å². The number of amides is 3. The molecule has 0 saturated carbocycles. The van der Waals surface area contributed by atoms with E-state index < -0.39 is 41.8 Å². The van der Waals surface area contributed by atoms with Crippen LogP contribution in [-0.4, -0.2) is 62.0 Å². The quantitative estimate of drug-likeness (QED) is 0.204. The maximum atomic E-state index is 12.8. The molecule has 32 heavy (non-hydrogen) atoms. The first kappa shape index (κ1) is 24.3. The number of primary amides is 1. The Bertz CT molecular complexity index is 931. The van der Waals surface area contributed by atoms with E-state index in [9.17, 15) is 29.4 Å². The molecule has 0 unspecified atom stereocenters. The van der Waals surface area contributed by atoms with Crippen molar-refractivity contribution < 1.29 is 29.4 Å². The normalized spacial score (nSPS) is 13.5. The van der Waals surface area contributed by atoms with E-state index in [2.05, 4.69) is 20.6 Å². The lowest BCUT2D eigenvalue weighted by molar-refractivity contribution is -0.142. The van der Waals surface area contributed by atoms with Gasteiger partial charge < -0.3 is 37.3 Å². The first-order valence-corrected chi connectivity index (χ1v) is 9.78. The van der Waals surface area contributed by atoms with Gasteiger partial charge >= 0.3 is 5.97 Å². The molecule has 0 aliphatic rings. The summed E-state index contributed by atoms with van der Waals surface area (Å²) in [5, 5.41) is 23.7. The van der Waals surface area contributed by atoms with Gasteiger partial charge in [0, 0.05) is 31.2 Å². The molecule has 12 nitrogen and oxygen atoms in total. The molecule has 0 aliphatic carbocycles. The lowest BCUT2D eigenvalue weighted by Gasteiger charge is -2.23. The number of benzene rings is 1. The number of carboxylic acid groups (broad SMARTS) is 1. The molecular weight excluding hydrogens is 420 g/mol. The lowest BCUT2D eigenvalue weighted by atomic mass is 10.0. The molecule has 3 amide bonds. The van der Waals surface area contributed by atoms with E-state index in [0.29, 0.717) is 11.3 Å². The third-order valence-electron chi connectivity index (χ3n) is 4.63. The number of aromatic nitrogens is 2. The maximum Gasteiger partial charge on any atom is 0.326 e. The van der Waals surface area contributed by atoms with Crippen molar-refractivity contribution in [1.82, 2.24) is 20.6 Å². The molecule has 3 atom stereocenters. The Kier molecular flexibility index (Phi) is 8.72. The van der Waals surface area contributed by atoms with Crippen molar-refractivity contribution in [2.24, 2.45) is 11.5 Å². The van der Waals surface area contributed by atoms with Gasteiger partial charge in [0.2, 0.25) is 17.7 Å². The minimum Gasteiger partial charge on any atom is -0.508 e. The molecule has 12 heteroatoms. The molecule has 172 valence electrons. The van der Waals surface area contributed by atoms with E-state index in [4.69, 9.17) is 11.5 Å². The van der Waals surface area contributed by atoms with Crippen molar-refractivity contribution in [1.29, 1.82) is 0 Å². The molecule has 1 aromatic heterocycles. The highest BCUT2D eigenvalue weighted by atomic mass is 16.4. The number of aromatic hydroxyl groups is 1. The van der Waals surface area contributed by atoms with Gasteiger partial charge in [-0.1, -0.05) is 12.1 Å². The Morgan fingerprint density at radius 3 is 2.25 bits per heavy atom. The molecule has 1 aromatic carbocycles. The molecule has 0 fully saturated rings. The molecule has 0 saturated heterocycles. The van der Waals surface area contributed by atoms with Gasteiger partial charge in [-0.3, -0.25) is 14.4 Å². The molecule has 0 aliphatic heterocycles. The zero-order chi connectivity index (χ0) is 23.7. The predicted octanol–water partition coefficient (Wildman–Crippen LogP) is -1.45. The Morgan fingerprint density at radius 2 is 1.69 bits per heavy atom. The number of carboxylic acids is 1. The summed E-state index contributed by atoms with van der Waals surface area (Å²) in [4.78, 5) is 54.6. The summed E-state index contributed by atoms with van der Waals surface area (Å²) in [5.74, 6) is -3.41. The number of phenolic OH excluding ortho intramolecular Hbond substituents is 1. The minimum absolute atomic E-state index is 0.0107. The van der Waals surface area contributed by atoms with Crippen LogP contribution in [-0.2, 0) is 32.0 Å². The van der Waals surface area contributed by atoms with Gasteiger partial charge in [0.25, 0.3) is 0 Å². The highest BCUT2D eigenvalue weighted by Crippen LogP contribution is 2.12. The van der Waals surface area contributed by atoms with Crippen molar-refractivity contribution in [3.63, 3.8) is 0 Å². The number of H-pyrrole nitrogens is 1. The number of nitrogens with one attached hydrogen (secondary N) is 3. The molecule has 2 aromatic rings. The largest absolute Gasteiger partial charge is 0.508 e. The van der Waals surface area contributed by atoms with Crippen molar-refractivity contribution in [3.8, 4) is 5.75 Å². The van der Waals surface area contributed by atoms with Crippen LogP contribution in [0.4, 0.5) is 0 Å². The zero-order valence-corrected chi connectivity index (χ0v) is 17.2. The highest BCUT2D eigenvalue weighted by Gasteiger charge is 2.28. The number of aliphatic carboxylic acids is 1. The van der Waals surface area contributed by atoms with E-state index in [1.807, 2.05) is 0 Å². The standard InChI is InChI=1S/C20H26N6O6/c21-14(8-12-9-23-10-24-12)18(29)26-16(7-11-1-3-13(27)4-2-11)19(30)25-15(20(31)32)5-6-17(22)28/h1-4,9-10,14-16,27H,5-8,21H2,(H2,22,28)(H,23,24)(H,25,30)(H,26,29)(H,31,32)/t14-,15-,16-/m0/s1. The maximum absolute atomic E-state index is 12.8. The number of phenols is 1. The van der Waals surface area contributed by atoms with Crippen LogP contribution < -0.4 is 22.1 Å². The Morgan fingerprint density at radius 1 is 1.03 bits per heavy atom. The zero-order valence-electron chi connectivity index (χ0n) is 17.2. The van der Waals surface area contributed by atoms with Crippen LogP contribution in [0.2, 0.25) is 0 Å². The molecular formula is C20H26N6O6. The third-order valence-corrected chi connectivity index (χ3v) is 4.63. The first-order chi connectivity index (χ1) is 15.2. The van der Waals surface area contributed by atoms with Gasteiger partial charge in [-0.25, -0.2) is 9.78 Å². The SMILES string of the molecule is NC(=O)CC[C@H](NC(=O)[C@H](Cc1ccc(O)cc1)NC(=O)[C@@H](N)Cc1cnc[nH]1)C(=O)O. The molecule has 0 radical (unpaired) electrons. The average molecular weight is 446 g/mol. The highest BCUT2D eigenvalue weighted by molar-refractivity contribution is 5.92. The second-order valence-electron chi connectivity index (χ2n) is 7.22. The lowest BCUT2D eigenvalue weighted by Crippen LogP contribution is -2.55. The second-order valence-corrected chi connectivity index (χ2v) is 7.22. The molecule has 0 bridgehead atoms. The van der Waals surface area contributed by atoms with Crippen molar-refractivity contribution >= 4 is 23.7 Å². The van der Waals surface area contributed by atoms with Gasteiger partial charge in [0.1, 0.15) is 17.8 Å². The predicted molar refractivity (Wildman–Crippen MR) is 112 cm³/mol. The summed E-state index contributed by atoms with van der Waals surface area (Å²) >= 11 is 0. The van der Waals surface area contributed by atoms with E-state index >= 15 is 0 Å². The summed E-state index contributed by atoms with van der Waals surface area (Å²) in [6, 6.07) is 2.45. The van der Waals surface area contributed by atoms with Gasteiger partial charge in [-0.05, 0) is 24.1 Å². The molecule has 0 spiro atoms. The number of carbonyl (C=O) groups is 4. The van der Waals surface area contributed by atoms with Crippen LogP contribution in [0.5, 0.6) is 5.75 Å². The third kappa shape index (κ3) is 7.72. The summed E-state index contributed by atoms with van der Waals surface area (Å²) in [5.41, 5.74) is 12.2. The Labute approximate surface area is 183 Å². The van der Waals surface area contributed by atoms with Crippen LogP contribution >= 0.6 is 0 Å². The number of rotatable bonds is 12. The topological polar surface area (TPSA) is 214 Å². The van der Waals surface area contributed by atoms with Crippen molar-refractivity contribution in [2.75, 3.05) is 0 Å². The average Bonchev–Trinajstić information content (AvgIpc) is 3.24. The number of imidazole rings is 1. The molecule has 9 N–H and O–H groups in total. The Balaban J connectivity index is 2.13. The van der Waals surface area contributed by atoms with Crippen molar-refractivity contribution in [3.05, 3.63) is 48.0 Å². The monoisotopic (exact) mass is 446 g/mol. The van der Waals surface area contributed by atoms with Gasteiger partial charge in [-0.15, -0.1) is 0 Å². The van der Waals surface area contributed by atoms with E-state index in [0.717, 1.165) is 0 Å². The van der Waals surface area contributed by atoms with Crippen LogP contribution in [0.3, 0.4) is 0 Å². The van der Waals surface area contributed by atoms with Gasteiger partial charge in [0.15, 0.2) is 0 Å². The fourth-order valence-corrected chi connectivity index (χ4v) is 2.90. The number of nitrogens with two attached hydrogens (primary N) is 2. The summed E-state index contributed by atoms with van der Waals surface area (Å²) in [6.07, 6.45) is 2.69. The minimum atomic E-state index is -1.37. The number of aromatic amines is 1. The number of hydrogen-bond acceptors (Lipinski definition) is 7. The number of nitrogens with zero attached hydrogens (tertiary/aromatic N) is 1. The summed E-state index contributed by atoms with van der Waals surface area (Å²) < 4.78 is 0. The number of carbonyl (C=O) groups excluding carboxylic acids is 3. The van der Waals surface area contributed by atoms with Crippen LogP contribution in [0.15, 0.2) is 36.8 Å². The van der Waals surface area contributed by atoms with E-state index in [1.54, 1.807) is 12.1 Å². The fourth-order valence-electron chi connectivity index (χ4n) is 2.90. The van der Waals surface area contributed by atoms with Gasteiger partial charge in [0.05, 0.1) is 12.4 Å². The second kappa shape index (κ2) is 11.5. The summed E-state index contributed by atoms with van der Waals surface area (Å²) in [7, 11) is 0. The van der Waals surface area contributed by atoms with Crippen LogP contribution in [0.1, 0.15) is 24.1 Å². The Hall–Kier alpha value is -3.93. The first-order valence-electron chi connectivity index (χ1n) is 9.78. The fraction of sp³-hybridized carbons (Fsp3) is 0.350. The number of hydrogen-bond donors (Lipinski definition) is 7. The van der Waals surface area contributed by atoms with Crippen LogP contribution in [0.25, 0.3) is 0 Å². The summed E-state index contributed by atoms with van der Waals surface area (Å²) in [6.45, 7) is 0. The van der Waals surface area contributed by atoms with Crippen LogP contribution in [0, 0.1) is 0 Å². The van der Waals surface area contributed by atoms with Gasteiger partial charge in [-0.2, -0.15) is 0 Å². The smallest absolute Gasteiger partial charge is 0.326 e. The molecule has 2 rings (SSSR count).